The number of fused-ring (bicyclic) bond motifs is 1. The summed E-state index contributed by atoms with van der Waals surface area (Å²) in [6.07, 6.45) is 4.34. The summed E-state index contributed by atoms with van der Waals surface area (Å²) in [7, 11) is 0. The highest BCUT2D eigenvalue weighted by molar-refractivity contribution is 5.76. The lowest BCUT2D eigenvalue weighted by Crippen LogP contribution is -2.58. The SMILES string of the molecule is CC(C)C1CN([C@@H](Cc2ccc3c(c2)CCC3)C(=O)OC(C)(C)C)CCN1. The number of carbonyl (C=O) groups excluding carboxylic acids is 1. The van der Waals surface area contributed by atoms with Crippen LogP contribution in [-0.2, 0) is 28.8 Å². The third-order valence-electron chi connectivity index (χ3n) is 5.75. The van der Waals surface area contributed by atoms with E-state index in [2.05, 4.69) is 42.3 Å². The van der Waals surface area contributed by atoms with Crippen molar-refractivity contribution in [2.75, 3.05) is 19.6 Å². The van der Waals surface area contributed by atoms with Gasteiger partial charge in [-0.15, -0.1) is 0 Å². The second-order valence-corrected chi connectivity index (χ2v) is 9.51. The van der Waals surface area contributed by atoms with Crippen molar-refractivity contribution in [2.45, 2.75) is 78.0 Å². The second-order valence-electron chi connectivity index (χ2n) is 9.51. The number of nitrogens with zero attached hydrogens (tertiary/aromatic N) is 1. The van der Waals surface area contributed by atoms with E-state index in [0.29, 0.717) is 12.0 Å². The first-order valence-corrected chi connectivity index (χ1v) is 10.5. The minimum absolute atomic E-state index is 0.0904. The maximum absolute atomic E-state index is 13.1. The quantitative estimate of drug-likeness (QED) is 0.805. The highest BCUT2D eigenvalue weighted by Gasteiger charge is 2.34. The maximum Gasteiger partial charge on any atom is 0.324 e. The minimum Gasteiger partial charge on any atom is -0.459 e. The summed E-state index contributed by atoms with van der Waals surface area (Å²) < 4.78 is 5.81. The first-order chi connectivity index (χ1) is 12.7. The molecule has 27 heavy (non-hydrogen) atoms. The first kappa shape index (κ1) is 20.3. The van der Waals surface area contributed by atoms with E-state index in [1.807, 2.05) is 20.8 Å². The topological polar surface area (TPSA) is 41.6 Å². The Kier molecular flexibility index (Phi) is 6.27. The third-order valence-corrected chi connectivity index (χ3v) is 5.75. The second kappa shape index (κ2) is 8.32. The fourth-order valence-corrected chi connectivity index (χ4v) is 4.24. The smallest absolute Gasteiger partial charge is 0.324 e. The van der Waals surface area contributed by atoms with E-state index < -0.39 is 5.60 Å². The van der Waals surface area contributed by atoms with Crippen LogP contribution in [0.25, 0.3) is 0 Å². The molecule has 4 heteroatoms. The molecule has 0 saturated carbocycles. The van der Waals surface area contributed by atoms with Crippen molar-refractivity contribution in [3.63, 3.8) is 0 Å². The Balaban J connectivity index is 1.80. The Morgan fingerprint density at radius 3 is 2.70 bits per heavy atom. The largest absolute Gasteiger partial charge is 0.459 e. The molecule has 1 aromatic rings. The molecule has 1 saturated heterocycles. The van der Waals surface area contributed by atoms with Gasteiger partial charge < -0.3 is 10.1 Å². The fraction of sp³-hybridized carbons (Fsp3) is 0.696. The van der Waals surface area contributed by atoms with E-state index in [-0.39, 0.29) is 12.0 Å². The molecule has 1 heterocycles. The van der Waals surface area contributed by atoms with Gasteiger partial charge in [0, 0.05) is 25.7 Å². The molecule has 1 fully saturated rings. The zero-order valence-corrected chi connectivity index (χ0v) is 17.7. The summed E-state index contributed by atoms with van der Waals surface area (Å²) in [5.41, 5.74) is 3.75. The van der Waals surface area contributed by atoms with Gasteiger partial charge in [-0.25, -0.2) is 0 Å². The summed E-state index contributed by atoms with van der Waals surface area (Å²) in [6.45, 7) is 13.0. The Morgan fingerprint density at radius 1 is 1.26 bits per heavy atom. The van der Waals surface area contributed by atoms with E-state index in [0.717, 1.165) is 26.1 Å². The van der Waals surface area contributed by atoms with Gasteiger partial charge >= 0.3 is 5.97 Å². The summed E-state index contributed by atoms with van der Waals surface area (Å²) in [5, 5.41) is 3.59. The number of nitrogens with one attached hydrogen (secondary N) is 1. The summed E-state index contributed by atoms with van der Waals surface area (Å²) in [4.78, 5) is 15.4. The van der Waals surface area contributed by atoms with E-state index in [4.69, 9.17) is 4.74 Å². The molecule has 0 bridgehead atoms. The normalized spacial score (nSPS) is 21.9. The molecule has 0 amide bonds. The van der Waals surface area contributed by atoms with Crippen molar-refractivity contribution < 1.29 is 9.53 Å². The molecule has 2 aliphatic rings. The monoisotopic (exact) mass is 372 g/mol. The number of rotatable bonds is 5. The molecule has 3 rings (SSSR count). The number of ether oxygens (including phenoxy) is 1. The molecule has 1 aliphatic carbocycles. The maximum atomic E-state index is 13.1. The van der Waals surface area contributed by atoms with Gasteiger partial charge in [-0.1, -0.05) is 32.0 Å². The van der Waals surface area contributed by atoms with Crippen LogP contribution in [0.15, 0.2) is 18.2 Å². The van der Waals surface area contributed by atoms with Crippen molar-refractivity contribution in [1.82, 2.24) is 10.2 Å². The van der Waals surface area contributed by atoms with Crippen molar-refractivity contribution in [2.24, 2.45) is 5.92 Å². The van der Waals surface area contributed by atoms with Crippen molar-refractivity contribution in [3.05, 3.63) is 34.9 Å². The van der Waals surface area contributed by atoms with Gasteiger partial charge in [0.1, 0.15) is 11.6 Å². The van der Waals surface area contributed by atoms with Gasteiger partial charge in [0.2, 0.25) is 0 Å². The minimum atomic E-state index is -0.460. The molecule has 1 aromatic carbocycles. The van der Waals surface area contributed by atoms with Crippen LogP contribution >= 0.6 is 0 Å². The molecular formula is C23H36N2O2. The Bertz CT molecular complexity index is 663. The van der Waals surface area contributed by atoms with Gasteiger partial charge in [-0.3, -0.25) is 9.69 Å². The standard InChI is InChI=1S/C23H36N2O2/c1-16(2)20-15-25(12-11-24-20)21(22(26)27-23(3,4)5)14-17-9-10-18-7-6-8-19(18)13-17/h9-10,13,16,20-21,24H,6-8,11-12,14-15H2,1-5H3/t20?,21-/m0/s1. The van der Waals surface area contributed by atoms with Crippen LogP contribution in [0, 0.1) is 5.92 Å². The summed E-state index contributed by atoms with van der Waals surface area (Å²) >= 11 is 0. The predicted molar refractivity (Wildman–Crippen MR) is 110 cm³/mol. The van der Waals surface area contributed by atoms with Crippen LogP contribution in [0.4, 0.5) is 0 Å². The van der Waals surface area contributed by atoms with Crippen LogP contribution in [0.2, 0.25) is 0 Å². The summed E-state index contributed by atoms with van der Waals surface area (Å²) in [5.74, 6) is 0.458. The van der Waals surface area contributed by atoms with Crippen LogP contribution in [0.1, 0.15) is 57.7 Å². The number of aryl methyl sites for hydroxylation is 2. The van der Waals surface area contributed by atoms with Gasteiger partial charge in [-0.05, 0) is 69.1 Å². The highest BCUT2D eigenvalue weighted by atomic mass is 16.6. The van der Waals surface area contributed by atoms with Gasteiger partial charge in [0.15, 0.2) is 0 Å². The van der Waals surface area contributed by atoms with Crippen LogP contribution in [0.5, 0.6) is 0 Å². The average molecular weight is 373 g/mol. The third kappa shape index (κ3) is 5.32. The lowest BCUT2D eigenvalue weighted by atomic mass is 9.97. The molecule has 2 atom stereocenters. The number of hydrogen-bond donors (Lipinski definition) is 1. The zero-order valence-electron chi connectivity index (χ0n) is 17.7. The first-order valence-electron chi connectivity index (χ1n) is 10.5. The lowest BCUT2D eigenvalue weighted by Gasteiger charge is -2.40. The van der Waals surface area contributed by atoms with Gasteiger partial charge in [-0.2, -0.15) is 0 Å². The highest BCUT2D eigenvalue weighted by Crippen LogP contribution is 2.25. The fourth-order valence-electron chi connectivity index (χ4n) is 4.24. The molecule has 0 aromatic heterocycles. The van der Waals surface area contributed by atoms with Crippen LogP contribution < -0.4 is 5.32 Å². The molecule has 1 aliphatic heterocycles. The van der Waals surface area contributed by atoms with Gasteiger partial charge in [0.25, 0.3) is 0 Å². The van der Waals surface area contributed by atoms with Crippen LogP contribution in [-0.4, -0.2) is 48.2 Å². The van der Waals surface area contributed by atoms with E-state index in [1.54, 1.807) is 0 Å². The molecule has 1 unspecified atom stereocenters. The zero-order chi connectivity index (χ0) is 19.6. The molecule has 4 nitrogen and oxygen atoms in total. The number of esters is 1. The van der Waals surface area contributed by atoms with Crippen LogP contribution in [0.3, 0.4) is 0 Å². The van der Waals surface area contributed by atoms with E-state index in [9.17, 15) is 4.79 Å². The number of benzene rings is 1. The van der Waals surface area contributed by atoms with Gasteiger partial charge in [0.05, 0.1) is 0 Å². The number of hydrogen-bond acceptors (Lipinski definition) is 4. The molecule has 0 spiro atoms. The lowest BCUT2D eigenvalue weighted by molar-refractivity contribution is -0.162. The molecular weight excluding hydrogens is 336 g/mol. The Labute approximate surface area is 164 Å². The van der Waals surface area contributed by atoms with Crippen molar-refractivity contribution in [3.8, 4) is 0 Å². The average Bonchev–Trinajstić information content (AvgIpc) is 3.06. The van der Waals surface area contributed by atoms with E-state index >= 15 is 0 Å². The van der Waals surface area contributed by atoms with Crippen molar-refractivity contribution >= 4 is 5.97 Å². The molecule has 0 radical (unpaired) electrons. The molecule has 150 valence electrons. The van der Waals surface area contributed by atoms with E-state index in [1.165, 1.54) is 36.0 Å². The summed E-state index contributed by atoms with van der Waals surface area (Å²) in [6, 6.07) is 7.00. The number of piperazine rings is 1. The molecule has 1 N–H and O–H groups in total. The Hall–Kier alpha value is -1.39. The van der Waals surface area contributed by atoms with Crippen molar-refractivity contribution in [1.29, 1.82) is 0 Å². The Morgan fingerprint density at radius 2 is 2.00 bits per heavy atom. The number of carbonyl (C=O) groups is 1. The predicted octanol–water partition coefficient (Wildman–Crippen LogP) is 3.36.